The quantitative estimate of drug-likeness (QED) is 0.771. The van der Waals surface area contributed by atoms with E-state index in [0.717, 1.165) is 22.8 Å². The molecule has 0 aliphatic carbocycles. The topological polar surface area (TPSA) is 59.8 Å². The highest BCUT2D eigenvalue weighted by Gasteiger charge is 2.09. The molecule has 0 aliphatic heterocycles. The van der Waals surface area contributed by atoms with Gasteiger partial charge >= 0.3 is 0 Å². The number of halogens is 1. The van der Waals surface area contributed by atoms with Crippen molar-refractivity contribution >= 4 is 28.8 Å². The van der Waals surface area contributed by atoms with Gasteiger partial charge in [-0.1, -0.05) is 11.6 Å². The normalized spacial score (nSPS) is 10.7. The molecule has 3 aromatic rings. The molecule has 2 aromatic heterocycles. The third kappa shape index (κ3) is 3.97. The number of nitrogens with zero attached hydrogens (tertiary/aromatic N) is 3. The Labute approximate surface area is 142 Å². The molecule has 0 aliphatic rings. The highest BCUT2D eigenvalue weighted by molar-refractivity contribution is 7.09. The van der Waals surface area contributed by atoms with Crippen LogP contribution in [-0.4, -0.2) is 27.2 Å². The lowest BCUT2D eigenvalue weighted by Gasteiger charge is -2.02. The summed E-state index contributed by atoms with van der Waals surface area (Å²) in [5.74, 6) is -0.142. The number of hydrogen-bond acceptors (Lipinski definition) is 4. The van der Waals surface area contributed by atoms with Crippen LogP contribution in [0.25, 0.3) is 5.69 Å². The van der Waals surface area contributed by atoms with Gasteiger partial charge in [-0.2, -0.15) is 5.10 Å². The molecule has 0 bridgehead atoms. The Bertz CT molecular complexity index is 810. The number of benzene rings is 1. The Kier molecular flexibility index (Phi) is 4.73. The number of hydrogen-bond donors (Lipinski definition) is 1. The smallest absolute Gasteiger partial charge is 0.254 e. The number of nitrogens with one attached hydrogen (secondary N) is 1. The van der Waals surface area contributed by atoms with Crippen LogP contribution < -0.4 is 5.32 Å². The number of thiazole rings is 1. The van der Waals surface area contributed by atoms with Crippen LogP contribution in [0.4, 0.5) is 0 Å². The third-order valence-corrected chi connectivity index (χ3v) is 4.34. The van der Waals surface area contributed by atoms with Crippen molar-refractivity contribution in [2.24, 2.45) is 0 Å². The highest BCUT2D eigenvalue weighted by atomic mass is 35.5. The predicted molar refractivity (Wildman–Crippen MR) is 91.5 cm³/mol. The van der Waals surface area contributed by atoms with Gasteiger partial charge in [0.1, 0.15) is 0 Å². The van der Waals surface area contributed by atoms with Gasteiger partial charge in [-0.3, -0.25) is 4.79 Å². The maximum absolute atomic E-state index is 12.1. The van der Waals surface area contributed by atoms with Crippen molar-refractivity contribution in [1.29, 1.82) is 0 Å². The van der Waals surface area contributed by atoms with E-state index in [1.54, 1.807) is 40.5 Å². The van der Waals surface area contributed by atoms with Crippen molar-refractivity contribution in [1.82, 2.24) is 20.1 Å². The van der Waals surface area contributed by atoms with Gasteiger partial charge in [0, 0.05) is 29.6 Å². The van der Waals surface area contributed by atoms with Gasteiger partial charge in [-0.25, -0.2) is 9.67 Å². The Hall–Kier alpha value is -2.18. The van der Waals surface area contributed by atoms with E-state index < -0.39 is 0 Å². The van der Waals surface area contributed by atoms with E-state index in [-0.39, 0.29) is 5.91 Å². The van der Waals surface area contributed by atoms with Crippen LogP contribution in [0.2, 0.25) is 5.02 Å². The van der Waals surface area contributed by atoms with E-state index in [9.17, 15) is 4.79 Å². The first-order chi connectivity index (χ1) is 11.1. The summed E-state index contributed by atoms with van der Waals surface area (Å²) in [6.07, 6.45) is 3.98. The van der Waals surface area contributed by atoms with Gasteiger partial charge in [-0.05, 0) is 31.2 Å². The van der Waals surface area contributed by atoms with Crippen LogP contribution in [0, 0.1) is 6.92 Å². The van der Waals surface area contributed by atoms with E-state index in [0.29, 0.717) is 17.1 Å². The molecule has 0 radical (unpaired) electrons. The third-order valence-electron chi connectivity index (χ3n) is 3.27. The summed E-state index contributed by atoms with van der Waals surface area (Å²) in [6, 6.07) is 7.27. The van der Waals surface area contributed by atoms with Crippen molar-refractivity contribution in [2.45, 2.75) is 13.3 Å². The van der Waals surface area contributed by atoms with Crippen molar-refractivity contribution < 1.29 is 4.79 Å². The first-order valence-electron chi connectivity index (χ1n) is 7.11. The van der Waals surface area contributed by atoms with Crippen molar-refractivity contribution in [3.63, 3.8) is 0 Å². The molecule has 2 heterocycles. The SMILES string of the molecule is Cc1nc(CCNC(=O)c2cnn(-c3ccc(Cl)cc3)c2)cs1. The molecule has 0 saturated carbocycles. The second kappa shape index (κ2) is 6.93. The molecule has 1 aromatic carbocycles. The van der Waals surface area contributed by atoms with Crippen molar-refractivity contribution in [3.05, 3.63) is 63.3 Å². The number of carbonyl (C=O) groups excluding carboxylic acids is 1. The molecule has 3 rings (SSSR count). The van der Waals surface area contributed by atoms with Crippen LogP contribution in [0.15, 0.2) is 42.0 Å². The zero-order valence-corrected chi connectivity index (χ0v) is 14.1. The second-order valence-electron chi connectivity index (χ2n) is 5.01. The second-order valence-corrected chi connectivity index (χ2v) is 6.51. The van der Waals surface area contributed by atoms with Crippen LogP contribution >= 0.6 is 22.9 Å². The monoisotopic (exact) mass is 346 g/mol. The van der Waals surface area contributed by atoms with Crippen LogP contribution in [0.5, 0.6) is 0 Å². The van der Waals surface area contributed by atoms with Gasteiger partial charge in [0.2, 0.25) is 0 Å². The molecule has 1 amide bonds. The van der Waals surface area contributed by atoms with Crippen LogP contribution in [-0.2, 0) is 6.42 Å². The number of carbonyl (C=O) groups is 1. The molecular weight excluding hydrogens is 332 g/mol. The fourth-order valence-corrected chi connectivity index (χ4v) is 2.88. The molecule has 7 heteroatoms. The largest absolute Gasteiger partial charge is 0.352 e. The van der Waals surface area contributed by atoms with E-state index in [2.05, 4.69) is 15.4 Å². The minimum Gasteiger partial charge on any atom is -0.352 e. The van der Waals surface area contributed by atoms with E-state index in [1.807, 2.05) is 24.4 Å². The Morgan fingerprint density at radius 3 is 2.83 bits per heavy atom. The first kappa shape index (κ1) is 15.7. The number of aryl methyl sites for hydroxylation is 1. The van der Waals surface area contributed by atoms with Gasteiger partial charge < -0.3 is 5.32 Å². The molecule has 118 valence electrons. The van der Waals surface area contributed by atoms with Crippen LogP contribution in [0.3, 0.4) is 0 Å². The number of aromatic nitrogens is 3. The maximum atomic E-state index is 12.1. The fourth-order valence-electron chi connectivity index (χ4n) is 2.10. The molecule has 0 unspecified atom stereocenters. The summed E-state index contributed by atoms with van der Waals surface area (Å²) in [5, 5.41) is 10.8. The minimum atomic E-state index is -0.142. The van der Waals surface area contributed by atoms with E-state index >= 15 is 0 Å². The maximum Gasteiger partial charge on any atom is 0.254 e. The zero-order valence-electron chi connectivity index (χ0n) is 12.5. The number of amides is 1. The molecule has 23 heavy (non-hydrogen) atoms. The molecule has 1 N–H and O–H groups in total. The standard InChI is InChI=1S/C16H15ClN4OS/c1-11-20-14(10-23-11)6-7-18-16(22)12-8-19-21(9-12)15-4-2-13(17)3-5-15/h2-5,8-10H,6-7H2,1H3,(H,18,22). The highest BCUT2D eigenvalue weighted by Crippen LogP contribution is 2.13. The fraction of sp³-hybridized carbons (Fsp3) is 0.188. The lowest BCUT2D eigenvalue weighted by Crippen LogP contribution is -2.25. The summed E-state index contributed by atoms with van der Waals surface area (Å²) in [5.41, 5.74) is 2.38. The summed E-state index contributed by atoms with van der Waals surface area (Å²) >= 11 is 7.48. The van der Waals surface area contributed by atoms with E-state index in [4.69, 9.17) is 11.6 Å². The Balaban J connectivity index is 1.58. The molecule has 5 nitrogen and oxygen atoms in total. The lowest BCUT2D eigenvalue weighted by atomic mass is 10.3. The van der Waals surface area contributed by atoms with Gasteiger partial charge in [-0.15, -0.1) is 11.3 Å². The zero-order chi connectivity index (χ0) is 16.2. The lowest BCUT2D eigenvalue weighted by molar-refractivity contribution is 0.0954. The van der Waals surface area contributed by atoms with Crippen LogP contribution in [0.1, 0.15) is 21.1 Å². The summed E-state index contributed by atoms with van der Waals surface area (Å²) in [4.78, 5) is 16.5. The van der Waals surface area contributed by atoms with Crippen molar-refractivity contribution in [2.75, 3.05) is 6.54 Å². The molecular formula is C16H15ClN4OS. The molecule has 0 spiro atoms. The van der Waals surface area contributed by atoms with E-state index in [1.165, 1.54) is 0 Å². The average molecular weight is 347 g/mol. The molecule has 0 saturated heterocycles. The summed E-state index contributed by atoms with van der Waals surface area (Å²) in [7, 11) is 0. The molecule has 0 fully saturated rings. The number of rotatable bonds is 5. The first-order valence-corrected chi connectivity index (χ1v) is 8.37. The van der Waals surface area contributed by atoms with Crippen molar-refractivity contribution in [3.8, 4) is 5.69 Å². The van der Waals surface area contributed by atoms with Gasteiger partial charge in [0.25, 0.3) is 5.91 Å². The minimum absolute atomic E-state index is 0.142. The van der Waals surface area contributed by atoms with Gasteiger partial charge in [0.15, 0.2) is 0 Å². The average Bonchev–Trinajstić information content (AvgIpc) is 3.17. The molecule has 0 atom stereocenters. The predicted octanol–water partition coefficient (Wildman–Crippen LogP) is 3.26. The summed E-state index contributed by atoms with van der Waals surface area (Å²) in [6.45, 7) is 2.52. The Morgan fingerprint density at radius 2 is 2.13 bits per heavy atom. The Morgan fingerprint density at radius 1 is 1.35 bits per heavy atom. The summed E-state index contributed by atoms with van der Waals surface area (Å²) < 4.78 is 1.65. The van der Waals surface area contributed by atoms with Gasteiger partial charge in [0.05, 0.1) is 28.1 Å².